The molecule has 0 radical (unpaired) electrons. The van der Waals surface area contributed by atoms with Gasteiger partial charge in [0.05, 0.1) is 0 Å². The van der Waals surface area contributed by atoms with Crippen molar-refractivity contribution in [1.82, 2.24) is 9.13 Å². The lowest BCUT2D eigenvalue weighted by Crippen LogP contribution is -2.43. The van der Waals surface area contributed by atoms with Crippen molar-refractivity contribution in [3.63, 3.8) is 0 Å². The third-order valence-electron chi connectivity index (χ3n) is 4.21. The van der Waals surface area contributed by atoms with Gasteiger partial charge in [0, 0.05) is 0 Å². The Morgan fingerprint density at radius 2 is 0.696 bits per heavy atom. The second-order valence-corrected chi connectivity index (χ2v) is 8.86. The Labute approximate surface area is 151 Å². The maximum absolute atomic E-state index is 2.82. The van der Waals surface area contributed by atoms with Gasteiger partial charge in [-0.3, -0.25) is 0 Å². The fourth-order valence-electron chi connectivity index (χ4n) is 2.32. The Bertz CT molecular complexity index is 164. The van der Waals surface area contributed by atoms with Crippen molar-refractivity contribution in [2.75, 3.05) is 26.2 Å². The Morgan fingerprint density at radius 3 is 0.870 bits per heavy atom. The van der Waals surface area contributed by atoms with Crippen molar-refractivity contribution in [2.45, 2.75) is 106 Å². The van der Waals surface area contributed by atoms with E-state index in [1.54, 1.807) is 0 Å². The van der Waals surface area contributed by atoms with E-state index in [2.05, 4.69) is 50.7 Å². The molecule has 0 bridgehead atoms. The van der Waals surface area contributed by atoms with Gasteiger partial charge in [0.25, 0.3) is 0 Å². The molecule has 23 heavy (non-hydrogen) atoms. The van der Waals surface area contributed by atoms with Crippen LogP contribution in [-0.4, -0.2) is 45.2 Å². The first-order valence-electron chi connectivity index (χ1n) is 10.6. The molecule has 0 aromatic carbocycles. The number of hydrogen-bond donors (Lipinski definition) is 0. The number of hydrogen-bond acceptors (Lipinski definition) is 2. The zero-order valence-corrected chi connectivity index (χ0v) is 18.9. The molecule has 0 aromatic heterocycles. The molecule has 0 saturated heterocycles. The van der Waals surface area contributed by atoms with E-state index in [0.717, 1.165) is 0 Å². The first-order valence-corrected chi connectivity index (χ1v) is 11.9. The summed E-state index contributed by atoms with van der Waals surface area (Å²) in [4.78, 5) is 0. The van der Waals surface area contributed by atoms with Crippen LogP contribution in [0.25, 0.3) is 0 Å². The molecule has 0 fully saturated rings. The van der Waals surface area contributed by atoms with Crippen molar-refractivity contribution in [1.29, 1.82) is 0 Å². The van der Waals surface area contributed by atoms with E-state index in [9.17, 15) is 0 Å². The van der Waals surface area contributed by atoms with Gasteiger partial charge in [-0.15, -0.1) is 0 Å². The molecule has 0 atom stereocenters. The highest BCUT2D eigenvalue weighted by molar-refractivity contribution is 6.28. The van der Waals surface area contributed by atoms with Crippen LogP contribution in [-0.2, 0) is 0 Å². The van der Waals surface area contributed by atoms with E-state index in [1.165, 1.54) is 90.4 Å². The summed E-state index contributed by atoms with van der Waals surface area (Å²) in [5, 5.41) is 0. The predicted molar refractivity (Wildman–Crippen MR) is 112 cm³/mol. The molecule has 0 aliphatic rings. The van der Waals surface area contributed by atoms with Crippen LogP contribution in [0.2, 0.25) is 0 Å². The van der Waals surface area contributed by atoms with Gasteiger partial charge < -0.3 is 9.13 Å². The molecule has 0 unspecified atom stereocenters. The Hall–Kier alpha value is 0.137. The van der Waals surface area contributed by atoms with Crippen molar-refractivity contribution in [3.05, 3.63) is 0 Å². The quantitative estimate of drug-likeness (QED) is 0.357. The minimum Gasteiger partial charge on any atom is -0.317 e. The SMILES string of the molecule is CCCC.CCCCN(CCCC)[SiH2]N(CCCC)CCCC. The van der Waals surface area contributed by atoms with Crippen molar-refractivity contribution in [3.8, 4) is 0 Å². The van der Waals surface area contributed by atoms with E-state index < -0.39 is 0 Å². The van der Waals surface area contributed by atoms with E-state index in [0.29, 0.717) is 0 Å². The lowest BCUT2D eigenvalue weighted by atomic mass is 10.3. The van der Waals surface area contributed by atoms with Crippen LogP contribution in [0.3, 0.4) is 0 Å². The number of unbranched alkanes of at least 4 members (excludes halogenated alkanes) is 5. The predicted octanol–water partition coefficient (Wildman–Crippen LogP) is 5.60. The molecule has 0 aliphatic heterocycles. The average molecular weight is 345 g/mol. The Kier molecular flexibility index (Phi) is 24.4. The van der Waals surface area contributed by atoms with Crippen molar-refractivity contribution in [2.24, 2.45) is 0 Å². The molecule has 142 valence electrons. The zero-order chi connectivity index (χ0) is 17.8. The summed E-state index contributed by atoms with van der Waals surface area (Å²) in [6.07, 6.45) is 13.5. The Morgan fingerprint density at radius 1 is 0.435 bits per heavy atom. The fourth-order valence-corrected chi connectivity index (χ4v) is 4.34. The average Bonchev–Trinajstić information content (AvgIpc) is 2.59. The second kappa shape index (κ2) is 22.1. The van der Waals surface area contributed by atoms with Crippen LogP contribution in [0.1, 0.15) is 106 Å². The lowest BCUT2D eigenvalue weighted by Gasteiger charge is -2.30. The molecule has 0 aliphatic carbocycles. The van der Waals surface area contributed by atoms with Crippen LogP contribution in [0, 0.1) is 0 Å². The monoisotopic (exact) mass is 344 g/mol. The van der Waals surface area contributed by atoms with Crippen LogP contribution in [0.4, 0.5) is 0 Å². The summed E-state index contributed by atoms with van der Waals surface area (Å²) in [6, 6.07) is 0. The summed E-state index contributed by atoms with van der Waals surface area (Å²) >= 11 is 0. The smallest absolute Gasteiger partial charge is 0.173 e. The molecule has 0 saturated carbocycles. The third-order valence-corrected chi connectivity index (χ3v) is 6.28. The van der Waals surface area contributed by atoms with Crippen molar-refractivity contribution < 1.29 is 0 Å². The molecule has 0 spiro atoms. The topological polar surface area (TPSA) is 6.48 Å². The zero-order valence-electron chi connectivity index (χ0n) is 17.5. The van der Waals surface area contributed by atoms with Gasteiger partial charge >= 0.3 is 0 Å². The van der Waals surface area contributed by atoms with Crippen LogP contribution in [0.5, 0.6) is 0 Å². The van der Waals surface area contributed by atoms with Gasteiger partial charge in [-0.1, -0.05) is 80.1 Å². The highest BCUT2D eigenvalue weighted by Gasteiger charge is 2.11. The van der Waals surface area contributed by atoms with E-state index in [4.69, 9.17) is 0 Å². The van der Waals surface area contributed by atoms with Crippen LogP contribution in [0.15, 0.2) is 0 Å². The van der Waals surface area contributed by atoms with Gasteiger partial charge in [0.1, 0.15) is 0 Å². The molecule has 0 N–H and O–H groups in total. The summed E-state index contributed by atoms with van der Waals surface area (Å²) in [5.74, 6) is 0. The van der Waals surface area contributed by atoms with Gasteiger partial charge in [0.2, 0.25) is 0 Å². The molecule has 3 heteroatoms. The molecule has 0 aromatic rings. The van der Waals surface area contributed by atoms with Crippen LogP contribution >= 0.6 is 0 Å². The lowest BCUT2D eigenvalue weighted by molar-refractivity contribution is 0.343. The molecular formula is C20H48N2Si. The summed E-state index contributed by atoms with van der Waals surface area (Å²) in [6.45, 7) is 19.0. The van der Waals surface area contributed by atoms with Crippen LogP contribution < -0.4 is 0 Å². The van der Waals surface area contributed by atoms with E-state index >= 15 is 0 Å². The second-order valence-electron chi connectivity index (χ2n) is 6.79. The minimum atomic E-state index is -0.175. The first-order chi connectivity index (χ1) is 11.2. The Balaban J connectivity index is 0. The number of nitrogens with zero attached hydrogens (tertiary/aromatic N) is 2. The van der Waals surface area contributed by atoms with E-state index in [1.807, 2.05) is 0 Å². The van der Waals surface area contributed by atoms with E-state index in [-0.39, 0.29) is 9.84 Å². The maximum Gasteiger partial charge on any atom is 0.173 e. The first kappa shape index (κ1) is 25.4. The largest absolute Gasteiger partial charge is 0.317 e. The van der Waals surface area contributed by atoms with Gasteiger partial charge in [-0.2, -0.15) is 0 Å². The molecule has 0 amide bonds. The highest BCUT2D eigenvalue weighted by atomic mass is 28.2. The third kappa shape index (κ3) is 20.1. The normalized spacial score (nSPS) is 11.0. The molecular weight excluding hydrogens is 296 g/mol. The van der Waals surface area contributed by atoms with Gasteiger partial charge in [0.15, 0.2) is 9.84 Å². The maximum atomic E-state index is 2.82. The highest BCUT2D eigenvalue weighted by Crippen LogP contribution is 2.03. The van der Waals surface area contributed by atoms with Gasteiger partial charge in [-0.05, 0) is 51.9 Å². The number of rotatable bonds is 15. The summed E-state index contributed by atoms with van der Waals surface area (Å²) < 4.78 is 5.64. The minimum absolute atomic E-state index is 0.175. The van der Waals surface area contributed by atoms with Crippen molar-refractivity contribution >= 4 is 9.84 Å². The van der Waals surface area contributed by atoms with Gasteiger partial charge in [-0.25, -0.2) is 0 Å². The summed E-state index contributed by atoms with van der Waals surface area (Å²) in [7, 11) is -0.175. The summed E-state index contributed by atoms with van der Waals surface area (Å²) in [5.41, 5.74) is 0. The molecule has 2 nitrogen and oxygen atoms in total. The molecule has 0 rings (SSSR count). The molecule has 0 heterocycles. The fraction of sp³-hybridized carbons (Fsp3) is 1.00. The standard InChI is InChI=1S/C16H38N2Si.C4H10/c1-5-9-13-17(14-10-6-2)19-18(15-11-7-3)16-12-8-4;1-3-4-2/h5-16,19H2,1-4H3;3-4H2,1-2H3.